The molecule has 0 aromatic heterocycles. The summed E-state index contributed by atoms with van der Waals surface area (Å²) in [6, 6.07) is 0.0463. The van der Waals surface area contributed by atoms with E-state index in [-0.39, 0.29) is 25.1 Å². The summed E-state index contributed by atoms with van der Waals surface area (Å²) in [5.41, 5.74) is 0.751. The van der Waals surface area contributed by atoms with Crippen molar-refractivity contribution in [1.29, 1.82) is 0 Å². The molecule has 0 aromatic carbocycles. The molecule has 2 aliphatic rings. The van der Waals surface area contributed by atoms with Gasteiger partial charge in [-0.2, -0.15) is 0 Å². The van der Waals surface area contributed by atoms with Crippen LogP contribution < -0.4 is 10.6 Å². The van der Waals surface area contributed by atoms with Crippen LogP contribution >= 0.6 is 23.4 Å². The van der Waals surface area contributed by atoms with E-state index in [4.69, 9.17) is 21.1 Å². The van der Waals surface area contributed by atoms with Gasteiger partial charge in [0, 0.05) is 18.3 Å². The molecule has 0 aromatic rings. The summed E-state index contributed by atoms with van der Waals surface area (Å²) < 4.78 is 11.2. The van der Waals surface area contributed by atoms with E-state index in [1.54, 1.807) is 4.90 Å². The molecule has 2 heterocycles. The average Bonchev–Trinajstić information content (AvgIpc) is 3.08. The number of thioether (sulfide) groups is 1. The van der Waals surface area contributed by atoms with Crippen LogP contribution in [0.25, 0.3) is 0 Å². The van der Waals surface area contributed by atoms with Crippen molar-refractivity contribution < 1.29 is 23.9 Å². The predicted molar refractivity (Wildman–Crippen MR) is 142 cm³/mol. The Morgan fingerprint density at radius 1 is 1.37 bits per heavy atom. The first-order valence-corrected chi connectivity index (χ1v) is 13.3. The molecule has 1 fully saturated rings. The molecule has 0 saturated carbocycles. The van der Waals surface area contributed by atoms with Gasteiger partial charge in [-0.1, -0.05) is 68.4 Å². The third-order valence-electron chi connectivity index (χ3n) is 4.78. The Kier molecular flexibility index (Phi) is 16.1. The first kappa shape index (κ1) is 31.0. The first-order valence-electron chi connectivity index (χ1n) is 12.1. The van der Waals surface area contributed by atoms with Crippen LogP contribution in [0.1, 0.15) is 47.0 Å². The van der Waals surface area contributed by atoms with E-state index in [0.29, 0.717) is 29.0 Å². The molecule has 2 N–H and O–H groups in total. The van der Waals surface area contributed by atoms with Gasteiger partial charge in [-0.3, -0.25) is 9.69 Å². The van der Waals surface area contributed by atoms with Crippen LogP contribution in [-0.4, -0.2) is 68.2 Å². The van der Waals surface area contributed by atoms with Gasteiger partial charge in [0.2, 0.25) is 0 Å². The lowest BCUT2D eigenvalue weighted by molar-refractivity contribution is -0.117. The molecule has 0 radical (unpaired) electrons. The summed E-state index contributed by atoms with van der Waals surface area (Å²) in [7, 11) is 0. The Labute approximate surface area is 218 Å². The molecule has 8 nitrogen and oxygen atoms in total. The zero-order valence-electron chi connectivity index (χ0n) is 21.1. The fraction of sp³-hybridized carbons (Fsp3) is 0.560. The number of allylic oxidation sites excluding steroid dienone is 4. The molecule has 196 valence electrons. The summed E-state index contributed by atoms with van der Waals surface area (Å²) >= 11 is 7.32. The van der Waals surface area contributed by atoms with Gasteiger partial charge in [0.1, 0.15) is 19.0 Å². The van der Waals surface area contributed by atoms with Gasteiger partial charge in [0.15, 0.2) is 0 Å². The number of hydrogen-bond donors (Lipinski definition) is 2. The number of aldehydes is 1. The van der Waals surface area contributed by atoms with Crippen LogP contribution in [0.15, 0.2) is 45.3 Å². The summed E-state index contributed by atoms with van der Waals surface area (Å²) in [6.07, 6.45) is 11.7. The Morgan fingerprint density at radius 3 is 2.83 bits per heavy atom. The molecule has 2 unspecified atom stereocenters. The minimum Gasteiger partial charge on any atom is -0.442 e. The maximum atomic E-state index is 12.5. The van der Waals surface area contributed by atoms with Crippen molar-refractivity contribution in [3.05, 3.63) is 45.3 Å². The monoisotopic (exact) mass is 527 g/mol. The van der Waals surface area contributed by atoms with E-state index in [2.05, 4.69) is 10.6 Å². The van der Waals surface area contributed by atoms with Crippen molar-refractivity contribution in [2.45, 2.75) is 59.1 Å². The minimum absolute atomic E-state index is 0.0463. The van der Waals surface area contributed by atoms with E-state index in [0.717, 1.165) is 31.2 Å². The zero-order chi connectivity index (χ0) is 26.1. The summed E-state index contributed by atoms with van der Waals surface area (Å²) in [5.74, 6) is -0.218. The summed E-state index contributed by atoms with van der Waals surface area (Å²) in [5, 5.41) is 6.11. The molecular formula is C25H38ClN3O5S. The largest absolute Gasteiger partial charge is 0.442 e. The summed E-state index contributed by atoms with van der Waals surface area (Å²) in [4.78, 5) is 37.3. The number of halogens is 1. The fourth-order valence-corrected chi connectivity index (χ4v) is 4.29. The third-order valence-corrected chi connectivity index (χ3v) is 6.10. The lowest BCUT2D eigenvalue weighted by Crippen LogP contribution is -2.34. The van der Waals surface area contributed by atoms with E-state index in [1.807, 2.05) is 58.1 Å². The lowest BCUT2D eigenvalue weighted by atomic mass is 10.2. The van der Waals surface area contributed by atoms with Crippen LogP contribution in [-0.2, 0) is 19.1 Å². The highest BCUT2D eigenvalue weighted by atomic mass is 35.5. The molecule has 0 aliphatic carbocycles. The molecule has 2 atom stereocenters. The lowest BCUT2D eigenvalue weighted by Gasteiger charge is -2.16. The van der Waals surface area contributed by atoms with Crippen LogP contribution in [0.2, 0.25) is 0 Å². The average molecular weight is 528 g/mol. The molecule has 2 aliphatic heterocycles. The van der Waals surface area contributed by atoms with Gasteiger partial charge in [-0.05, 0) is 32.3 Å². The Bertz CT molecular complexity index is 813. The molecular weight excluding hydrogens is 490 g/mol. The predicted octanol–water partition coefficient (Wildman–Crippen LogP) is 4.48. The van der Waals surface area contributed by atoms with Crippen molar-refractivity contribution in [3.63, 3.8) is 0 Å². The highest BCUT2D eigenvalue weighted by Gasteiger charge is 2.33. The fourth-order valence-electron chi connectivity index (χ4n) is 3.15. The highest BCUT2D eigenvalue weighted by molar-refractivity contribution is 8.09. The van der Waals surface area contributed by atoms with Crippen LogP contribution in [0.4, 0.5) is 4.79 Å². The molecule has 0 spiro atoms. The van der Waals surface area contributed by atoms with Gasteiger partial charge in [-0.15, -0.1) is 0 Å². The number of hydrogen-bond acceptors (Lipinski definition) is 7. The number of nitrogens with zero attached hydrogens (tertiary/aromatic N) is 1. The molecule has 1 saturated heterocycles. The minimum atomic E-state index is -0.442. The van der Waals surface area contributed by atoms with E-state index >= 15 is 0 Å². The maximum absolute atomic E-state index is 12.5. The highest BCUT2D eigenvalue weighted by Crippen LogP contribution is 2.32. The van der Waals surface area contributed by atoms with Crippen molar-refractivity contribution in [2.24, 2.45) is 0 Å². The van der Waals surface area contributed by atoms with E-state index in [1.165, 1.54) is 11.8 Å². The molecule has 0 bridgehead atoms. The number of nitrogens with one attached hydrogen (secondary N) is 2. The Balaban J connectivity index is 0.00000298. The molecule has 35 heavy (non-hydrogen) atoms. The molecule has 2 amide bonds. The number of carbonyl (C=O) groups excluding carboxylic acids is 3. The van der Waals surface area contributed by atoms with Crippen LogP contribution in [0.3, 0.4) is 0 Å². The van der Waals surface area contributed by atoms with Crippen LogP contribution in [0, 0.1) is 0 Å². The maximum Gasteiger partial charge on any atom is 0.414 e. The van der Waals surface area contributed by atoms with Gasteiger partial charge in [-0.25, -0.2) is 4.79 Å². The second-order valence-electron chi connectivity index (χ2n) is 7.46. The Hall–Kier alpha value is -2.07. The topological polar surface area (TPSA) is 97.0 Å². The SMILES string of the molecule is CC.CC/C=C(\C=C/C(C)NCCOCC=O)N1CC(CNC(=O)C2=CCCC=C(Cl)S2)OC1=O. The smallest absolute Gasteiger partial charge is 0.414 e. The quantitative estimate of drug-likeness (QED) is 0.207. The van der Waals surface area contributed by atoms with E-state index in [9.17, 15) is 14.4 Å². The van der Waals surface area contributed by atoms with Crippen molar-refractivity contribution in [1.82, 2.24) is 15.5 Å². The van der Waals surface area contributed by atoms with E-state index < -0.39 is 12.2 Å². The summed E-state index contributed by atoms with van der Waals surface area (Å²) in [6.45, 7) is 9.70. The van der Waals surface area contributed by atoms with Crippen LogP contribution in [0.5, 0.6) is 0 Å². The molecule has 10 heteroatoms. The zero-order valence-corrected chi connectivity index (χ0v) is 22.6. The second-order valence-corrected chi connectivity index (χ2v) is 9.18. The normalized spacial score (nSPS) is 19.2. The van der Waals surface area contributed by atoms with Gasteiger partial charge in [0.05, 0.1) is 29.0 Å². The standard InChI is InChI=1S/C23H32ClN3O5S.C2H6/c1-3-6-18(10-9-17(2)25-11-13-31-14-12-28)27-16-19(32-23(27)30)15-26-22(29)20-7-4-5-8-21(24)33-20;1-2/h6-10,12,17,19,25H,3-5,11,13-16H2,1-2H3,(H,26,29);1-2H3/b10-9-,18-6+;. The van der Waals surface area contributed by atoms with Gasteiger partial charge < -0.3 is 24.9 Å². The van der Waals surface area contributed by atoms with Crippen molar-refractivity contribution in [3.8, 4) is 0 Å². The van der Waals surface area contributed by atoms with Gasteiger partial charge in [0.25, 0.3) is 5.91 Å². The Morgan fingerprint density at radius 2 is 2.11 bits per heavy atom. The third kappa shape index (κ3) is 11.9. The number of carbonyl (C=O) groups is 3. The molecule has 2 rings (SSSR count). The number of ether oxygens (including phenoxy) is 2. The van der Waals surface area contributed by atoms with Gasteiger partial charge >= 0.3 is 6.09 Å². The number of rotatable bonds is 13. The first-order chi connectivity index (χ1) is 16.9. The number of cyclic esters (lactones) is 1. The van der Waals surface area contributed by atoms with Crippen molar-refractivity contribution >= 4 is 41.6 Å². The second kappa shape index (κ2) is 18.2. The van der Waals surface area contributed by atoms with Crippen molar-refractivity contribution in [2.75, 3.05) is 32.8 Å². The number of amides is 2.